The smallest absolute Gasteiger partial charge is 0.245 e. The van der Waals surface area contributed by atoms with Crippen LogP contribution in [0.4, 0.5) is 5.95 Å². The lowest BCUT2D eigenvalue weighted by Crippen LogP contribution is -2.50. The zero-order valence-electron chi connectivity index (χ0n) is 11.2. The Hall–Kier alpha value is -1.89. The van der Waals surface area contributed by atoms with Gasteiger partial charge in [-0.2, -0.15) is 4.98 Å². The van der Waals surface area contributed by atoms with Crippen molar-refractivity contribution in [2.45, 2.75) is 31.8 Å². The molecule has 19 heavy (non-hydrogen) atoms. The van der Waals surface area contributed by atoms with Crippen LogP contribution in [0.25, 0.3) is 11.5 Å². The van der Waals surface area contributed by atoms with Gasteiger partial charge in [0.25, 0.3) is 0 Å². The van der Waals surface area contributed by atoms with E-state index in [2.05, 4.69) is 32.0 Å². The molecule has 2 unspecified atom stereocenters. The van der Waals surface area contributed by atoms with Gasteiger partial charge in [0, 0.05) is 31.9 Å². The summed E-state index contributed by atoms with van der Waals surface area (Å²) in [5.74, 6) is 1.41. The molecule has 0 bridgehead atoms. The van der Waals surface area contributed by atoms with Crippen molar-refractivity contribution in [2.24, 2.45) is 12.8 Å². The van der Waals surface area contributed by atoms with E-state index in [-0.39, 0.29) is 12.1 Å². The van der Waals surface area contributed by atoms with Crippen molar-refractivity contribution < 1.29 is 0 Å². The molecule has 3 N–H and O–H groups in total. The lowest BCUT2D eigenvalue weighted by Gasteiger charge is -2.36. The third-order valence-electron chi connectivity index (χ3n) is 3.73. The summed E-state index contributed by atoms with van der Waals surface area (Å²) < 4.78 is 1.89. The van der Waals surface area contributed by atoms with Crippen LogP contribution in [0, 0.1) is 0 Å². The Kier molecular flexibility index (Phi) is 2.98. The Morgan fingerprint density at radius 1 is 1.47 bits per heavy atom. The van der Waals surface area contributed by atoms with Gasteiger partial charge in [0.1, 0.15) is 5.69 Å². The predicted octanol–water partition coefficient (Wildman–Crippen LogP) is 0.521. The molecular weight excluding hydrogens is 242 g/mol. The minimum absolute atomic E-state index is 0.186. The van der Waals surface area contributed by atoms with Crippen molar-refractivity contribution in [2.75, 3.05) is 11.4 Å². The van der Waals surface area contributed by atoms with Crippen molar-refractivity contribution in [3.8, 4) is 11.5 Å². The van der Waals surface area contributed by atoms with Gasteiger partial charge in [0.05, 0.1) is 6.33 Å². The van der Waals surface area contributed by atoms with E-state index in [1.807, 2.05) is 17.8 Å². The summed E-state index contributed by atoms with van der Waals surface area (Å²) in [6.45, 7) is 3.08. The summed E-state index contributed by atoms with van der Waals surface area (Å²) in [5, 5.41) is 7.24. The molecule has 1 aliphatic rings. The highest BCUT2D eigenvalue weighted by atomic mass is 15.4. The van der Waals surface area contributed by atoms with Gasteiger partial charge in [0.2, 0.25) is 5.95 Å². The van der Waals surface area contributed by atoms with Gasteiger partial charge in [-0.3, -0.25) is 5.10 Å². The van der Waals surface area contributed by atoms with E-state index in [4.69, 9.17) is 5.73 Å². The quantitative estimate of drug-likeness (QED) is 0.822. The fourth-order valence-electron chi connectivity index (χ4n) is 2.49. The number of hydrogen-bond acceptors (Lipinski definition) is 5. The van der Waals surface area contributed by atoms with Gasteiger partial charge < -0.3 is 15.2 Å². The molecular formula is C12H19N7. The van der Waals surface area contributed by atoms with Crippen molar-refractivity contribution in [3.63, 3.8) is 0 Å². The molecule has 0 aliphatic carbocycles. The fourth-order valence-corrected chi connectivity index (χ4v) is 2.49. The number of anilines is 1. The van der Waals surface area contributed by atoms with Crippen LogP contribution in [0.2, 0.25) is 0 Å². The van der Waals surface area contributed by atoms with E-state index >= 15 is 0 Å². The first-order chi connectivity index (χ1) is 9.15. The van der Waals surface area contributed by atoms with Crippen LogP contribution < -0.4 is 10.6 Å². The second-order valence-corrected chi connectivity index (χ2v) is 5.15. The minimum atomic E-state index is 0.186. The molecule has 0 spiro atoms. The molecule has 102 valence electrons. The number of nitrogens with one attached hydrogen (secondary N) is 1. The Morgan fingerprint density at radius 3 is 3.05 bits per heavy atom. The van der Waals surface area contributed by atoms with Crippen LogP contribution in [0.5, 0.6) is 0 Å². The number of piperidine rings is 1. The number of aromatic nitrogens is 5. The zero-order valence-corrected chi connectivity index (χ0v) is 11.2. The average molecular weight is 261 g/mol. The first kappa shape index (κ1) is 12.2. The highest BCUT2D eigenvalue weighted by Crippen LogP contribution is 2.22. The van der Waals surface area contributed by atoms with Gasteiger partial charge in [-0.25, -0.2) is 4.98 Å². The van der Waals surface area contributed by atoms with E-state index in [1.165, 1.54) is 0 Å². The lowest BCUT2D eigenvalue weighted by molar-refractivity contribution is 0.416. The predicted molar refractivity (Wildman–Crippen MR) is 72.6 cm³/mol. The molecule has 1 aliphatic heterocycles. The van der Waals surface area contributed by atoms with Gasteiger partial charge in [-0.1, -0.05) is 0 Å². The Bertz CT molecular complexity index is 558. The summed E-state index contributed by atoms with van der Waals surface area (Å²) in [6, 6.07) is 0.451. The number of hydrogen-bond donors (Lipinski definition) is 2. The van der Waals surface area contributed by atoms with Gasteiger partial charge >= 0.3 is 0 Å². The van der Waals surface area contributed by atoms with Crippen LogP contribution in [0.3, 0.4) is 0 Å². The molecule has 7 nitrogen and oxygen atoms in total. The van der Waals surface area contributed by atoms with Crippen molar-refractivity contribution >= 4 is 5.95 Å². The van der Waals surface area contributed by atoms with Crippen LogP contribution in [-0.4, -0.2) is 43.4 Å². The second-order valence-electron chi connectivity index (χ2n) is 5.15. The highest BCUT2D eigenvalue weighted by Gasteiger charge is 2.27. The van der Waals surface area contributed by atoms with Gasteiger partial charge in [0.15, 0.2) is 5.82 Å². The molecule has 0 amide bonds. The maximum Gasteiger partial charge on any atom is 0.245 e. The molecule has 7 heteroatoms. The number of aryl methyl sites for hydroxylation is 1. The molecule has 1 saturated heterocycles. The minimum Gasteiger partial charge on any atom is -0.340 e. The molecule has 3 rings (SSSR count). The molecule has 3 heterocycles. The zero-order chi connectivity index (χ0) is 13.4. The van der Waals surface area contributed by atoms with Gasteiger partial charge in [-0.15, -0.1) is 5.10 Å². The summed E-state index contributed by atoms with van der Waals surface area (Å²) >= 11 is 0. The molecule has 1 fully saturated rings. The lowest BCUT2D eigenvalue weighted by atomic mass is 9.99. The molecule has 0 radical (unpaired) electrons. The summed E-state index contributed by atoms with van der Waals surface area (Å²) in [7, 11) is 1.93. The average Bonchev–Trinajstić information content (AvgIpc) is 3.01. The van der Waals surface area contributed by atoms with Crippen LogP contribution >= 0.6 is 0 Å². The van der Waals surface area contributed by atoms with Crippen molar-refractivity contribution in [1.29, 1.82) is 0 Å². The van der Waals surface area contributed by atoms with E-state index in [1.54, 1.807) is 6.33 Å². The third kappa shape index (κ3) is 2.21. The van der Waals surface area contributed by atoms with Crippen molar-refractivity contribution in [1.82, 2.24) is 24.7 Å². The molecule has 2 aromatic rings. The number of rotatable bonds is 2. The third-order valence-corrected chi connectivity index (χ3v) is 3.73. The van der Waals surface area contributed by atoms with Crippen LogP contribution in [-0.2, 0) is 7.05 Å². The number of aromatic amines is 1. The summed E-state index contributed by atoms with van der Waals surface area (Å²) in [5.41, 5.74) is 6.91. The van der Waals surface area contributed by atoms with E-state index in [0.29, 0.717) is 11.8 Å². The van der Waals surface area contributed by atoms with Crippen LogP contribution in [0.1, 0.15) is 19.8 Å². The number of H-pyrrole nitrogens is 1. The number of imidazole rings is 1. The highest BCUT2D eigenvalue weighted by molar-refractivity contribution is 5.50. The Balaban J connectivity index is 1.84. The Labute approximate surface area is 111 Å². The number of nitrogens with two attached hydrogens (primary N) is 1. The number of nitrogens with zero attached hydrogens (tertiary/aromatic N) is 5. The normalized spacial score (nSPS) is 23.8. The topological polar surface area (TPSA) is 88.6 Å². The second kappa shape index (κ2) is 4.65. The first-order valence-electron chi connectivity index (χ1n) is 6.58. The summed E-state index contributed by atoms with van der Waals surface area (Å²) in [4.78, 5) is 11.0. The summed E-state index contributed by atoms with van der Waals surface area (Å²) in [6.07, 6.45) is 5.81. The van der Waals surface area contributed by atoms with E-state index < -0.39 is 0 Å². The largest absolute Gasteiger partial charge is 0.340 e. The van der Waals surface area contributed by atoms with E-state index in [0.717, 1.165) is 25.1 Å². The van der Waals surface area contributed by atoms with Crippen LogP contribution in [0.15, 0.2) is 12.5 Å². The van der Waals surface area contributed by atoms with Crippen molar-refractivity contribution in [3.05, 3.63) is 12.5 Å². The maximum absolute atomic E-state index is 6.10. The van der Waals surface area contributed by atoms with Gasteiger partial charge in [-0.05, 0) is 19.8 Å². The van der Waals surface area contributed by atoms with E-state index in [9.17, 15) is 0 Å². The molecule has 0 saturated carbocycles. The molecule has 2 aromatic heterocycles. The maximum atomic E-state index is 6.10. The fraction of sp³-hybridized carbons (Fsp3) is 0.583. The first-order valence-corrected chi connectivity index (χ1v) is 6.58. The standard InChI is InChI=1S/C12H19N7/c1-8-9(13)4-3-5-19(8)12-15-11(16-17-12)10-6-18(2)7-14-10/h6-9H,3-5,13H2,1-2H3,(H,15,16,17). The SMILES string of the molecule is CC1C(N)CCCN1c1n[nH]c(-c2cn(C)cn2)n1. The molecule has 2 atom stereocenters. The Morgan fingerprint density at radius 2 is 2.32 bits per heavy atom. The molecule has 0 aromatic carbocycles. The monoisotopic (exact) mass is 261 g/mol.